The Kier molecular flexibility index (Phi) is 5.35. The topological polar surface area (TPSA) is 50.7 Å². The molecule has 0 fully saturated rings. The maximum absolute atomic E-state index is 11.7. The quantitative estimate of drug-likeness (QED) is 0.520. The first kappa shape index (κ1) is 15.1. The summed E-state index contributed by atoms with van der Waals surface area (Å²) < 4.78 is 5.06. The van der Waals surface area contributed by atoms with Crippen molar-refractivity contribution in [2.45, 2.75) is 13.5 Å². The fourth-order valence-corrected chi connectivity index (χ4v) is 1.67. The fraction of sp³-hybridized carbons (Fsp3) is 0.125. The van der Waals surface area contributed by atoms with Crippen LogP contribution in [0.3, 0.4) is 0 Å². The molecule has 1 N–H and O–H groups in total. The Hall–Kier alpha value is -2.33. The second-order valence-corrected chi connectivity index (χ2v) is 4.80. The normalized spacial score (nSPS) is 11.0. The number of carbonyl (C=O) groups excluding carboxylic acids is 1. The third-order valence-corrected chi connectivity index (χ3v) is 2.95. The number of esters is 1. The SMILES string of the molecule is Cc1ccc(NN=C(Cl)C(=O)OCc2ccccc2)cc1. The van der Waals surface area contributed by atoms with Gasteiger partial charge >= 0.3 is 5.97 Å². The van der Waals surface area contributed by atoms with Crippen molar-refractivity contribution >= 4 is 28.4 Å². The summed E-state index contributed by atoms with van der Waals surface area (Å²) in [5, 5.41) is 3.55. The molecule has 108 valence electrons. The van der Waals surface area contributed by atoms with Crippen LogP contribution in [-0.2, 0) is 16.1 Å². The Morgan fingerprint density at radius 2 is 1.81 bits per heavy atom. The summed E-state index contributed by atoms with van der Waals surface area (Å²) in [5.41, 5.74) is 5.48. The standard InChI is InChI=1S/C16H15ClN2O2/c1-12-7-9-14(10-8-12)18-19-15(17)16(20)21-11-13-5-3-2-4-6-13/h2-10,18H,11H2,1H3. The summed E-state index contributed by atoms with van der Waals surface area (Å²) in [7, 11) is 0. The van der Waals surface area contributed by atoms with Crippen LogP contribution in [0, 0.1) is 6.92 Å². The Labute approximate surface area is 128 Å². The van der Waals surface area contributed by atoms with Gasteiger partial charge in [0.05, 0.1) is 5.69 Å². The second kappa shape index (κ2) is 7.45. The summed E-state index contributed by atoms with van der Waals surface area (Å²) in [4.78, 5) is 11.7. The minimum Gasteiger partial charge on any atom is -0.455 e. The smallest absolute Gasteiger partial charge is 0.371 e. The van der Waals surface area contributed by atoms with E-state index < -0.39 is 5.97 Å². The van der Waals surface area contributed by atoms with E-state index in [0.29, 0.717) is 0 Å². The van der Waals surface area contributed by atoms with Gasteiger partial charge in [0.15, 0.2) is 0 Å². The van der Waals surface area contributed by atoms with E-state index in [1.807, 2.05) is 61.5 Å². The number of benzene rings is 2. The van der Waals surface area contributed by atoms with E-state index in [0.717, 1.165) is 16.8 Å². The first-order valence-corrected chi connectivity index (χ1v) is 6.80. The van der Waals surface area contributed by atoms with E-state index >= 15 is 0 Å². The number of hydrazone groups is 1. The molecule has 21 heavy (non-hydrogen) atoms. The number of hydrogen-bond acceptors (Lipinski definition) is 4. The van der Waals surface area contributed by atoms with Gasteiger partial charge in [-0.25, -0.2) is 4.79 Å². The highest BCUT2D eigenvalue weighted by Crippen LogP contribution is 2.09. The molecule has 5 heteroatoms. The first-order chi connectivity index (χ1) is 10.1. The van der Waals surface area contributed by atoms with Gasteiger partial charge in [-0.15, -0.1) is 0 Å². The van der Waals surface area contributed by atoms with Gasteiger partial charge in [-0.05, 0) is 24.6 Å². The minimum atomic E-state index is -0.667. The molecule has 0 amide bonds. The zero-order chi connectivity index (χ0) is 15.1. The van der Waals surface area contributed by atoms with E-state index in [-0.39, 0.29) is 11.8 Å². The molecule has 0 radical (unpaired) electrons. The maximum atomic E-state index is 11.7. The number of rotatable bonds is 5. The molecule has 2 aromatic rings. The van der Waals surface area contributed by atoms with Crippen molar-refractivity contribution in [1.29, 1.82) is 0 Å². The number of carbonyl (C=O) groups is 1. The predicted octanol–water partition coefficient (Wildman–Crippen LogP) is 3.70. The number of nitrogens with zero attached hydrogens (tertiary/aromatic N) is 1. The Morgan fingerprint density at radius 3 is 2.48 bits per heavy atom. The number of ether oxygens (including phenoxy) is 1. The molecule has 4 nitrogen and oxygen atoms in total. The van der Waals surface area contributed by atoms with Crippen LogP contribution >= 0.6 is 11.6 Å². The summed E-state index contributed by atoms with van der Waals surface area (Å²) >= 11 is 5.79. The molecular weight excluding hydrogens is 288 g/mol. The molecule has 0 aliphatic heterocycles. The first-order valence-electron chi connectivity index (χ1n) is 6.42. The van der Waals surface area contributed by atoms with Crippen LogP contribution < -0.4 is 5.43 Å². The minimum absolute atomic E-state index is 0.163. The Morgan fingerprint density at radius 1 is 1.14 bits per heavy atom. The molecular formula is C16H15ClN2O2. The van der Waals surface area contributed by atoms with Crippen LogP contribution in [0.25, 0.3) is 0 Å². The number of hydrogen-bond donors (Lipinski definition) is 1. The van der Waals surface area contributed by atoms with Crippen LogP contribution in [0.4, 0.5) is 5.69 Å². The largest absolute Gasteiger partial charge is 0.455 e. The molecule has 0 saturated carbocycles. The Balaban J connectivity index is 1.86. The lowest BCUT2D eigenvalue weighted by Crippen LogP contribution is -2.13. The number of nitrogens with one attached hydrogen (secondary N) is 1. The molecule has 0 atom stereocenters. The van der Waals surface area contributed by atoms with Gasteiger partial charge in [-0.3, -0.25) is 5.43 Å². The lowest BCUT2D eigenvalue weighted by molar-refractivity contribution is -0.136. The highest BCUT2D eigenvalue weighted by atomic mass is 35.5. The van der Waals surface area contributed by atoms with Crippen molar-refractivity contribution in [3.8, 4) is 0 Å². The van der Waals surface area contributed by atoms with E-state index in [1.165, 1.54) is 0 Å². The molecule has 2 rings (SSSR count). The second-order valence-electron chi connectivity index (χ2n) is 4.44. The van der Waals surface area contributed by atoms with Gasteiger partial charge in [-0.2, -0.15) is 5.10 Å². The lowest BCUT2D eigenvalue weighted by Gasteiger charge is -2.04. The van der Waals surface area contributed by atoms with Crippen molar-refractivity contribution in [2.24, 2.45) is 5.10 Å². The van der Waals surface area contributed by atoms with Crippen LogP contribution in [0.2, 0.25) is 0 Å². The van der Waals surface area contributed by atoms with E-state index in [9.17, 15) is 4.79 Å². The molecule has 0 aliphatic carbocycles. The molecule has 0 heterocycles. The van der Waals surface area contributed by atoms with Crippen LogP contribution in [0.5, 0.6) is 0 Å². The Bertz CT molecular complexity index is 624. The molecule has 0 spiro atoms. The molecule has 0 unspecified atom stereocenters. The summed E-state index contributed by atoms with van der Waals surface area (Å²) in [6, 6.07) is 16.9. The van der Waals surface area contributed by atoms with Crippen molar-refractivity contribution in [3.05, 3.63) is 65.7 Å². The van der Waals surface area contributed by atoms with E-state index in [1.54, 1.807) is 0 Å². The van der Waals surface area contributed by atoms with Crippen molar-refractivity contribution in [2.75, 3.05) is 5.43 Å². The van der Waals surface area contributed by atoms with Crippen molar-refractivity contribution < 1.29 is 9.53 Å². The van der Waals surface area contributed by atoms with Crippen molar-refractivity contribution in [1.82, 2.24) is 0 Å². The summed E-state index contributed by atoms with van der Waals surface area (Å²) in [5.74, 6) is -0.667. The van der Waals surface area contributed by atoms with Crippen molar-refractivity contribution in [3.63, 3.8) is 0 Å². The summed E-state index contributed by atoms with van der Waals surface area (Å²) in [6.07, 6.45) is 0. The third kappa shape index (κ3) is 4.93. The van der Waals surface area contributed by atoms with Crippen LogP contribution in [0.1, 0.15) is 11.1 Å². The zero-order valence-electron chi connectivity index (χ0n) is 11.5. The average Bonchev–Trinajstić information content (AvgIpc) is 2.52. The van der Waals surface area contributed by atoms with E-state index in [2.05, 4.69) is 10.5 Å². The molecule has 0 aromatic heterocycles. The number of halogens is 1. The fourth-order valence-electron chi connectivity index (χ4n) is 1.57. The molecule has 0 aliphatic rings. The number of aryl methyl sites for hydroxylation is 1. The molecule has 2 aromatic carbocycles. The monoisotopic (exact) mass is 302 g/mol. The average molecular weight is 303 g/mol. The lowest BCUT2D eigenvalue weighted by atomic mass is 10.2. The summed E-state index contributed by atoms with van der Waals surface area (Å²) in [6.45, 7) is 2.15. The molecule has 0 saturated heterocycles. The molecule has 0 bridgehead atoms. The van der Waals surface area contributed by atoms with Gasteiger partial charge in [0, 0.05) is 0 Å². The number of anilines is 1. The van der Waals surface area contributed by atoms with Gasteiger partial charge < -0.3 is 4.74 Å². The van der Waals surface area contributed by atoms with Crippen LogP contribution in [0.15, 0.2) is 59.7 Å². The van der Waals surface area contributed by atoms with Gasteiger partial charge in [-0.1, -0.05) is 59.6 Å². The zero-order valence-corrected chi connectivity index (χ0v) is 12.3. The third-order valence-electron chi connectivity index (χ3n) is 2.72. The predicted molar refractivity (Wildman–Crippen MR) is 84.3 cm³/mol. The highest BCUT2D eigenvalue weighted by molar-refractivity contribution is 6.82. The maximum Gasteiger partial charge on any atom is 0.371 e. The van der Waals surface area contributed by atoms with Gasteiger partial charge in [0.1, 0.15) is 6.61 Å². The van der Waals surface area contributed by atoms with Crippen LogP contribution in [-0.4, -0.2) is 11.1 Å². The highest BCUT2D eigenvalue weighted by Gasteiger charge is 2.10. The van der Waals surface area contributed by atoms with Gasteiger partial charge in [0.2, 0.25) is 5.17 Å². The van der Waals surface area contributed by atoms with Gasteiger partial charge in [0.25, 0.3) is 0 Å². The van der Waals surface area contributed by atoms with E-state index in [4.69, 9.17) is 16.3 Å².